The summed E-state index contributed by atoms with van der Waals surface area (Å²) in [4.78, 5) is 11.8. The van der Waals surface area contributed by atoms with Gasteiger partial charge in [-0.2, -0.15) is 4.31 Å². The number of nitrogens with one attached hydrogen (secondary N) is 1. The van der Waals surface area contributed by atoms with Gasteiger partial charge in [0.1, 0.15) is 5.82 Å². The zero-order valence-corrected chi connectivity index (χ0v) is 14.2. The van der Waals surface area contributed by atoms with Crippen LogP contribution < -0.4 is 5.32 Å². The van der Waals surface area contributed by atoms with Gasteiger partial charge in [0.2, 0.25) is 15.9 Å². The van der Waals surface area contributed by atoms with Gasteiger partial charge in [-0.1, -0.05) is 18.2 Å². The molecule has 0 aromatic heterocycles. The fourth-order valence-corrected chi connectivity index (χ4v) is 3.59. The molecule has 1 rings (SSSR count). The Hall–Kier alpha value is -1.47. The Labute approximate surface area is 131 Å². The molecule has 0 radical (unpaired) electrons. The predicted molar refractivity (Wildman–Crippen MR) is 84.4 cm³/mol. The van der Waals surface area contributed by atoms with E-state index in [0.717, 1.165) is 6.26 Å². The third-order valence-electron chi connectivity index (χ3n) is 3.09. The number of halogens is 1. The van der Waals surface area contributed by atoms with Crippen molar-refractivity contribution < 1.29 is 17.6 Å². The Bertz CT molecular complexity index is 624. The average Bonchev–Trinajstić information content (AvgIpc) is 2.34. The number of nitrogens with zero attached hydrogens (tertiary/aromatic N) is 1. The highest BCUT2D eigenvalue weighted by Gasteiger charge is 2.28. The summed E-state index contributed by atoms with van der Waals surface area (Å²) in [5, 5.41) is 2.62. The van der Waals surface area contributed by atoms with Crippen molar-refractivity contribution in [3.63, 3.8) is 0 Å². The van der Waals surface area contributed by atoms with Crippen molar-refractivity contribution in [1.29, 1.82) is 0 Å². The van der Waals surface area contributed by atoms with Crippen molar-refractivity contribution in [3.05, 3.63) is 35.6 Å². The molecule has 0 aliphatic carbocycles. The highest BCUT2D eigenvalue weighted by atomic mass is 32.2. The van der Waals surface area contributed by atoms with E-state index in [-0.39, 0.29) is 25.4 Å². The van der Waals surface area contributed by atoms with Gasteiger partial charge >= 0.3 is 0 Å². The van der Waals surface area contributed by atoms with Crippen LogP contribution in [0.5, 0.6) is 0 Å². The molecule has 1 aromatic carbocycles. The molecule has 1 aromatic rings. The third-order valence-corrected chi connectivity index (χ3v) is 4.63. The van der Waals surface area contributed by atoms with Crippen molar-refractivity contribution in [1.82, 2.24) is 9.62 Å². The second kappa shape index (κ2) is 7.19. The lowest BCUT2D eigenvalue weighted by molar-refractivity contribution is -0.120. The Morgan fingerprint density at radius 2 is 1.86 bits per heavy atom. The van der Waals surface area contributed by atoms with Gasteiger partial charge in [-0.15, -0.1) is 0 Å². The Balaban J connectivity index is 2.56. The van der Waals surface area contributed by atoms with Gasteiger partial charge in [-0.05, 0) is 32.4 Å². The molecular formula is C15H23FN2O3S. The topological polar surface area (TPSA) is 66.5 Å². The molecule has 7 heteroatoms. The maximum absolute atomic E-state index is 13.4. The van der Waals surface area contributed by atoms with Gasteiger partial charge in [-0.25, -0.2) is 12.8 Å². The van der Waals surface area contributed by atoms with Crippen LogP contribution in [0.15, 0.2) is 24.3 Å². The number of hydrogen-bond donors (Lipinski definition) is 1. The number of rotatable bonds is 6. The zero-order chi connectivity index (χ0) is 17.0. The SMILES string of the molecule is CC(C)(C)N(CCNC(=O)Cc1ccccc1F)S(C)(=O)=O. The summed E-state index contributed by atoms with van der Waals surface area (Å²) in [6, 6.07) is 6.07. The van der Waals surface area contributed by atoms with Crippen LogP contribution >= 0.6 is 0 Å². The van der Waals surface area contributed by atoms with Gasteiger partial charge < -0.3 is 5.32 Å². The first kappa shape index (κ1) is 18.6. The van der Waals surface area contributed by atoms with Crippen LogP contribution in [-0.4, -0.2) is 43.5 Å². The van der Waals surface area contributed by atoms with Crippen LogP contribution in [0.25, 0.3) is 0 Å². The molecule has 1 amide bonds. The summed E-state index contributed by atoms with van der Waals surface area (Å²) in [7, 11) is -3.36. The lowest BCUT2D eigenvalue weighted by atomic mass is 10.1. The van der Waals surface area contributed by atoms with Crippen LogP contribution in [0, 0.1) is 5.82 Å². The second-order valence-corrected chi connectivity index (χ2v) is 8.03. The van der Waals surface area contributed by atoms with Gasteiger partial charge in [0.05, 0.1) is 12.7 Å². The van der Waals surface area contributed by atoms with E-state index >= 15 is 0 Å². The summed E-state index contributed by atoms with van der Waals surface area (Å²) >= 11 is 0. The smallest absolute Gasteiger partial charge is 0.224 e. The van der Waals surface area contributed by atoms with E-state index in [2.05, 4.69) is 5.32 Å². The number of hydrogen-bond acceptors (Lipinski definition) is 3. The molecule has 0 heterocycles. The molecule has 0 unspecified atom stereocenters. The molecular weight excluding hydrogens is 307 g/mol. The minimum atomic E-state index is -3.36. The molecule has 0 aliphatic heterocycles. The van der Waals surface area contributed by atoms with Crippen LogP contribution in [-0.2, 0) is 21.2 Å². The Morgan fingerprint density at radius 1 is 1.27 bits per heavy atom. The summed E-state index contributed by atoms with van der Waals surface area (Å²) in [5.74, 6) is -0.766. The van der Waals surface area contributed by atoms with E-state index in [9.17, 15) is 17.6 Å². The number of carbonyl (C=O) groups excluding carboxylic acids is 1. The van der Waals surface area contributed by atoms with Crippen molar-refractivity contribution in [2.24, 2.45) is 0 Å². The fourth-order valence-electron chi connectivity index (χ4n) is 2.17. The normalized spacial score (nSPS) is 12.5. The van der Waals surface area contributed by atoms with Crippen LogP contribution in [0.4, 0.5) is 4.39 Å². The molecule has 0 bridgehead atoms. The van der Waals surface area contributed by atoms with E-state index < -0.39 is 21.4 Å². The highest BCUT2D eigenvalue weighted by Crippen LogP contribution is 2.16. The monoisotopic (exact) mass is 330 g/mol. The van der Waals surface area contributed by atoms with Crippen LogP contribution in [0.1, 0.15) is 26.3 Å². The standard InChI is InChI=1S/C15H23FN2O3S/c1-15(2,3)18(22(4,20)21)10-9-17-14(19)11-12-7-5-6-8-13(12)16/h5-8H,9-11H2,1-4H3,(H,17,19). The van der Waals surface area contributed by atoms with Gasteiger partial charge in [0.15, 0.2) is 0 Å². The maximum Gasteiger partial charge on any atom is 0.224 e. The second-order valence-electron chi connectivity index (χ2n) is 6.12. The summed E-state index contributed by atoms with van der Waals surface area (Å²) in [5.41, 5.74) is -0.250. The predicted octanol–water partition coefficient (Wildman–Crippen LogP) is 1.54. The minimum Gasteiger partial charge on any atom is -0.354 e. The Morgan fingerprint density at radius 3 is 2.36 bits per heavy atom. The average molecular weight is 330 g/mol. The van der Waals surface area contributed by atoms with Gasteiger partial charge in [0, 0.05) is 18.6 Å². The Kier molecular flexibility index (Phi) is 6.08. The van der Waals surface area contributed by atoms with Crippen LogP contribution in [0.2, 0.25) is 0 Å². The molecule has 0 saturated heterocycles. The lowest BCUT2D eigenvalue weighted by Gasteiger charge is -2.33. The first-order valence-corrected chi connectivity index (χ1v) is 8.84. The highest BCUT2D eigenvalue weighted by molar-refractivity contribution is 7.88. The zero-order valence-electron chi connectivity index (χ0n) is 13.4. The quantitative estimate of drug-likeness (QED) is 0.860. The van der Waals surface area contributed by atoms with Gasteiger partial charge in [0.25, 0.3) is 0 Å². The van der Waals surface area contributed by atoms with E-state index in [1.54, 1.807) is 39.0 Å². The molecule has 5 nitrogen and oxygen atoms in total. The molecule has 0 atom stereocenters. The van der Waals surface area contributed by atoms with Crippen molar-refractivity contribution in [3.8, 4) is 0 Å². The first-order valence-electron chi connectivity index (χ1n) is 7.00. The third kappa shape index (κ3) is 5.73. The van der Waals surface area contributed by atoms with E-state index in [1.807, 2.05) is 0 Å². The summed E-state index contributed by atoms with van der Waals surface area (Å²) in [6.07, 6.45) is 1.07. The number of carbonyl (C=O) groups is 1. The molecule has 0 saturated carbocycles. The van der Waals surface area contributed by atoms with E-state index in [1.165, 1.54) is 10.4 Å². The van der Waals surface area contributed by atoms with Gasteiger partial charge in [-0.3, -0.25) is 4.79 Å². The molecule has 0 aliphatic rings. The maximum atomic E-state index is 13.4. The molecule has 124 valence electrons. The number of benzene rings is 1. The molecule has 0 spiro atoms. The van der Waals surface area contributed by atoms with Crippen molar-refractivity contribution >= 4 is 15.9 Å². The largest absolute Gasteiger partial charge is 0.354 e. The number of sulfonamides is 1. The number of amides is 1. The summed E-state index contributed by atoms with van der Waals surface area (Å²) in [6.45, 7) is 5.71. The molecule has 1 N–H and O–H groups in total. The van der Waals surface area contributed by atoms with E-state index in [0.29, 0.717) is 5.56 Å². The minimum absolute atomic E-state index is 0.0684. The van der Waals surface area contributed by atoms with Crippen LogP contribution in [0.3, 0.4) is 0 Å². The first-order chi connectivity index (χ1) is 10.0. The summed E-state index contributed by atoms with van der Waals surface area (Å²) < 4.78 is 38.3. The molecule has 0 fully saturated rings. The van der Waals surface area contributed by atoms with Crippen molar-refractivity contribution in [2.45, 2.75) is 32.7 Å². The lowest BCUT2D eigenvalue weighted by Crippen LogP contribution is -2.48. The van der Waals surface area contributed by atoms with E-state index in [4.69, 9.17) is 0 Å². The molecule has 22 heavy (non-hydrogen) atoms. The van der Waals surface area contributed by atoms with Crippen molar-refractivity contribution in [2.75, 3.05) is 19.3 Å². The fraction of sp³-hybridized carbons (Fsp3) is 0.533.